The first-order valence-corrected chi connectivity index (χ1v) is 9.99. The molecule has 1 amide bonds. The number of nitrogens with zero attached hydrogens (tertiary/aromatic N) is 2. The van der Waals surface area contributed by atoms with Crippen molar-refractivity contribution in [3.63, 3.8) is 0 Å². The molecule has 0 atom stereocenters. The highest BCUT2D eigenvalue weighted by Gasteiger charge is 2.21. The zero-order valence-corrected chi connectivity index (χ0v) is 16.4. The first-order valence-electron chi connectivity index (χ1n) is 9.99. The molecule has 0 saturated heterocycles. The summed E-state index contributed by atoms with van der Waals surface area (Å²) in [5.74, 6) is 0.945. The third-order valence-corrected chi connectivity index (χ3v) is 5.09. The second-order valence-electron chi connectivity index (χ2n) is 7.17. The van der Waals surface area contributed by atoms with Crippen LogP contribution in [0.25, 0.3) is 0 Å². The SMILES string of the molecule is O=C(CNCc1ccc(OCc2ccncc2)cc1)N1CCCc2ccccc21. The molecule has 0 aliphatic carbocycles. The lowest BCUT2D eigenvalue weighted by Crippen LogP contribution is -2.41. The number of pyridine rings is 1. The number of benzene rings is 2. The van der Waals surface area contributed by atoms with Crippen LogP contribution in [-0.4, -0.2) is 24.0 Å². The van der Waals surface area contributed by atoms with Gasteiger partial charge in [0.15, 0.2) is 0 Å². The van der Waals surface area contributed by atoms with Crippen LogP contribution in [0, 0.1) is 0 Å². The Morgan fingerprint density at radius 3 is 2.62 bits per heavy atom. The Hall–Kier alpha value is -3.18. The summed E-state index contributed by atoms with van der Waals surface area (Å²) in [6.45, 7) is 2.29. The number of carbonyl (C=O) groups is 1. The molecular formula is C24H25N3O2. The van der Waals surface area contributed by atoms with Gasteiger partial charge in [-0.2, -0.15) is 0 Å². The van der Waals surface area contributed by atoms with Crippen LogP contribution in [0.1, 0.15) is 23.1 Å². The fraction of sp³-hybridized carbons (Fsp3) is 0.250. The monoisotopic (exact) mass is 387 g/mol. The normalized spacial score (nSPS) is 13.0. The van der Waals surface area contributed by atoms with E-state index in [4.69, 9.17) is 4.74 Å². The molecule has 29 heavy (non-hydrogen) atoms. The Balaban J connectivity index is 1.25. The molecule has 4 rings (SSSR count). The predicted octanol–water partition coefficient (Wildman–Crippen LogP) is 3.73. The van der Waals surface area contributed by atoms with Crippen LogP contribution in [0.3, 0.4) is 0 Å². The number of nitrogens with one attached hydrogen (secondary N) is 1. The van der Waals surface area contributed by atoms with Gasteiger partial charge in [0.1, 0.15) is 12.4 Å². The van der Waals surface area contributed by atoms with E-state index < -0.39 is 0 Å². The summed E-state index contributed by atoms with van der Waals surface area (Å²) in [7, 11) is 0. The number of amides is 1. The minimum atomic E-state index is 0.120. The van der Waals surface area contributed by atoms with Gasteiger partial charge in [-0.1, -0.05) is 30.3 Å². The van der Waals surface area contributed by atoms with Gasteiger partial charge < -0.3 is 15.0 Å². The van der Waals surface area contributed by atoms with E-state index >= 15 is 0 Å². The van der Waals surface area contributed by atoms with Gasteiger partial charge in [-0.25, -0.2) is 0 Å². The van der Waals surface area contributed by atoms with Crippen molar-refractivity contribution in [3.8, 4) is 5.75 Å². The molecule has 148 valence electrons. The zero-order chi connectivity index (χ0) is 19.9. The molecule has 0 spiro atoms. The van der Waals surface area contributed by atoms with E-state index in [9.17, 15) is 4.79 Å². The van der Waals surface area contributed by atoms with Crippen molar-refractivity contribution in [2.75, 3.05) is 18.0 Å². The van der Waals surface area contributed by atoms with E-state index in [-0.39, 0.29) is 5.91 Å². The van der Waals surface area contributed by atoms with Crippen molar-refractivity contribution in [1.29, 1.82) is 0 Å². The Morgan fingerprint density at radius 2 is 1.79 bits per heavy atom. The molecule has 1 aliphatic rings. The maximum atomic E-state index is 12.7. The molecule has 1 aromatic heterocycles. The highest BCUT2D eigenvalue weighted by Crippen LogP contribution is 2.26. The summed E-state index contributed by atoms with van der Waals surface area (Å²) in [6, 6.07) is 20.0. The van der Waals surface area contributed by atoms with E-state index in [0.717, 1.165) is 42.0 Å². The van der Waals surface area contributed by atoms with E-state index in [1.807, 2.05) is 59.5 Å². The van der Waals surface area contributed by atoms with Gasteiger partial charge in [-0.15, -0.1) is 0 Å². The Morgan fingerprint density at radius 1 is 1.00 bits per heavy atom. The molecule has 2 aromatic carbocycles. The van der Waals surface area contributed by atoms with Crippen LogP contribution in [0.4, 0.5) is 5.69 Å². The lowest BCUT2D eigenvalue weighted by atomic mass is 10.0. The van der Waals surface area contributed by atoms with Crippen molar-refractivity contribution in [1.82, 2.24) is 10.3 Å². The van der Waals surface area contributed by atoms with Crippen LogP contribution in [-0.2, 0) is 24.4 Å². The maximum absolute atomic E-state index is 12.7. The average Bonchev–Trinajstić information content (AvgIpc) is 2.79. The lowest BCUT2D eigenvalue weighted by molar-refractivity contribution is -0.117. The summed E-state index contributed by atoms with van der Waals surface area (Å²) in [6.07, 6.45) is 5.58. The predicted molar refractivity (Wildman–Crippen MR) is 114 cm³/mol. The van der Waals surface area contributed by atoms with E-state index in [1.54, 1.807) is 12.4 Å². The largest absolute Gasteiger partial charge is 0.489 e. The van der Waals surface area contributed by atoms with Crippen LogP contribution in [0.2, 0.25) is 0 Å². The molecule has 1 aliphatic heterocycles. The van der Waals surface area contributed by atoms with E-state index in [2.05, 4.69) is 16.4 Å². The van der Waals surface area contributed by atoms with E-state index in [0.29, 0.717) is 19.7 Å². The number of hydrogen-bond donors (Lipinski definition) is 1. The highest BCUT2D eigenvalue weighted by molar-refractivity contribution is 5.95. The van der Waals surface area contributed by atoms with Gasteiger partial charge in [-0.3, -0.25) is 9.78 Å². The third-order valence-electron chi connectivity index (χ3n) is 5.09. The molecule has 1 N–H and O–H groups in total. The Kier molecular flexibility index (Phi) is 6.17. The van der Waals surface area contributed by atoms with Crippen LogP contribution < -0.4 is 15.0 Å². The number of aryl methyl sites for hydroxylation is 1. The fourth-order valence-electron chi connectivity index (χ4n) is 3.55. The number of para-hydroxylation sites is 1. The molecule has 0 bridgehead atoms. The van der Waals surface area contributed by atoms with Gasteiger partial charge in [0.2, 0.25) is 5.91 Å². The summed E-state index contributed by atoms with van der Waals surface area (Å²) in [5.41, 5.74) is 4.52. The van der Waals surface area contributed by atoms with Gasteiger partial charge in [0, 0.05) is 31.2 Å². The average molecular weight is 387 g/mol. The minimum Gasteiger partial charge on any atom is -0.489 e. The molecule has 0 saturated carbocycles. The summed E-state index contributed by atoms with van der Waals surface area (Å²) in [4.78, 5) is 18.6. The minimum absolute atomic E-state index is 0.120. The van der Waals surface area contributed by atoms with Gasteiger partial charge >= 0.3 is 0 Å². The maximum Gasteiger partial charge on any atom is 0.240 e. The second kappa shape index (κ2) is 9.34. The smallest absolute Gasteiger partial charge is 0.240 e. The number of ether oxygens (including phenoxy) is 1. The quantitative estimate of drug-likeness (QED) is 0.671. The van der Waals surface area contributed by atoms with E-state index in [1.165, 1.54) is 5.56 Å². The first kappa shape index (κ1) is 19.2. The number of fused-ring (bicyclic) bond motifs is 1. The van der Waals surface area contributed by atoms with Gasteiger partial charge in [0.05, 0.1) is 6.54 Å². The molecule has 5 heteroatoms. The van der Waals surface area contributed by atoms with Crippen molar-refractivity contribution < 1.29 is 9.53 Å². The number of carbonyl (C=O) groups excluding carboxylic acids is 1. The van der Waals surface area contributed by atoms with Crippen molar-refractivity contribution in [2.45, 2.75) is 26.0 Å². The molecule has 0 radical (unpaired) electrons. The molecule has 2 heterocycles. The third kappa shape index (κ3) is 5.00. The lowest BCUT2D eigenvalue weighted by Gasteiger charge is -2.29. The van der Waals surface area contributed by atoms with Crippen molar-refractivity contribution in [2.24, 2.45) is 0 Å². The molecule has 5 nitrogen and oxygen atoms in total. The topological polar surface area (TPSA) is 54.5 Å². The van der Waals surface area contributed by atoms with Crippen LogP contribution in [0.15, 0.2) is 73.1 Å². The molecule has 0 unspecified atom stereocenters. The molecular weight excluding hydrogens is 362 g/mol. The summed E-state index contributed by atoms with van der Waals surface area (Å²) < 4.78 is 5.79. The van der Waals surface area contributed by atoms with Crippen LogP contribution >= 0.6 is 0 Å². The number of anilines is 1. The first-order chi connectivity index (χ1) is 14.3. The van der Waals surface area contributed by atoms with Gasteiger partial charge in [0.25, 0.3) is 0 Å². The second-order valence-corrected chi connectivity index (χ2v) is 7.17. The molecule has 0 fully saturated rings. The van der Waals surface area contributed by atoms with Crippen molar-refractivity contribution in [3.05, 3.63) is 89.7 Å². The zero-order valence-electron chi connectivity index (χ0n) is 16.4. The number of rotatable bonds is 7. The van der Waals surface area contributed by atoms with Crippen LogP contribution in [0.5, 0.6) is 5.75 Å². The van der Waals surface area contributed by atoms with Gasteiger partial charge in [-0.05, 0) is 59.9 Å². The van der Waals surface area contributed by atoms with Crippen molar-refractivity contribution >= 4 is 11.6 Å². The Labute approximate surface area is 171 Å². The fourth-order valence-corrected chi connectivity index (χ4v) is 3.55. The summed E-state index contributed by atoms with van der Waals surface area (Å²) in [5, 5.41) is 3.27. The number of hydrogen-bond acceptors (Lipinski definition) is 4. The standard InChI is InChI=1S/C24H25N3O2/c28-24(27-15-3-5-21-4-1-2-6-23(21)27)17-26-16-19-7-9-22(10-8-19)29-18-20-11-13-25-14-12-20/h1-2,4,6-14,26H,3,5,15-18H2. The number of aromatic nitrogens is 1. The highest BCUT2D eigenvalue weighted by atomic mass is 16.5. The molecule has 3 aromatic rings. The summed E-state index contributed by atoms with van der Waals surface area (Å²) >= 11 is 0. The Bertz CT molecular complexity index is 942.